The molecule has 2 aromatic rings. The van der Waals surface area contributed by atoms with Gasteiger partial charge in [-0.2, -0.15) is 13.2 Å². The second-order valence-corrected chi connectivity index (χ2v) is 7.65. The molecule has 0 fully saturated rings. The van der Waals surface area contributed by atoms with Crippen molar-refractivity contribution in [2.75, 3.05) is 0 Å². The van der Waals surface area contributed by atoms with Crippen LogP contribution in [0.25, 0.3) is 11.6 Å². The maximum absolute atomic E-state index is 12.4. The molecule has 1 aliphatic rings. The van der Waals surface area contributed by atoms with Crippen LogP contribution >= 0.6 is 0 Å². The van der Waals surface area contributed by atoms with Gasteiger partial charge in [0.1, 0.15) is 0 Å². The van der Waals surface area contributed by atoms with Crippen molar-refractivity contribution in [2.24, 2.45) is 0 Å². The molecular formula is C25H25F3O. The molecule has 1 unspecified atom stereocenters. The smallest absolute Gasteiger partial charge is 0.388 e. The summed E-state index contributed by atoms with van der Waals surface area (Å²) in [5, 5.41) is 10.2. The second-order valence-electron chi connectivity index (χ2n) is 7.65. The van der Waals surface area contributed by atoms with Crippen molar-refractivity contribution in [3.63, 3.8) is 0 Å². The van der Waals surface area contributed by atoms with Gasteiger partial charge >= 0.3 is 6.18 Å². The molecule has 3 rings (SSSR count). The molecule has 1 atom stereocenters. The molecule has 0 aromatic heterocycles. The van der Waals surface area contributed by atoms with Gasteiger partial charge < -0.3 is 5.11 Å². The Balaban J connectivity index is 1.74. The molecule has 0 saturated carbocycles. The number of hydrogen-bond donors (Lipinski definition) is 1. The van der Waals surface area contributed by atoms with Crippen LogP contribution in [0.5, 0.6) is 0 Å². The van der Waals surface area contributed by atoms with Crippen LogP contribution in [-0.2, 0) is 12.8 Å². The van der Waals surface area contributed by atoms with Gasteiger partial charge in [0.25, 0.3) is 0 Å². The second kappa shape index (κ2) is 8.42. The Kier molecular flexibility index (Phi) is 6.13. The fourth-order valence-electron chi connectivity index (χ4n) is 3.80. The summed E-state index contributed by atoms with van der Waals surface area (Å²) in [6.45, 7) is 10.2. The average molecular weight is 398 g/mol. The summed E-state index contributed by atoms with van der Waals surface area (Å²) >= 11 is 0. The minimum absolute atomic E-state index is 0.236. The lowest BCUT2D eigenvalue weighted by atomic mass is 9.86. The summed E-state index contributed by atoms with van der Waals surface area (Å²) in [5.74, 6) is 0. The molecular weight excluding hydrogens is 373 g/mol. The van der Waals surface area contributed by atoms with Crippen molar-refractivity contribution in [3.05, 3.63) is 94.6 Å². The van der Waals surface area contributed by atoms with Crippen LogP contribution in [-0.4, -0.2) is 11.3 Å². The van der Waals surface area contributed by atoms with Crippen molar-refractivity contribution < 1.29 is 18.3 Å². The SMILES string of the molecule is C=C(Cc1ccc2c(c1)C(O)CCC2)C(=C)c1ccc(/C=C/C(F)(F)F)cc1C. The molecule has 0 spiro atoms. The van der Waals surface area contributed by atoms with E-state index in [1.807, 2.05) is 6.92 Å². The van der Waals surface area contributed by atoms with Gasteiger partial charge in [-0.1, -0.05) is 55.6 Å². The highest BCUT2D eigenvalue weighted by Crippen LogP contribution is 2.32. The quantitative estimate of drug-likeness (QED) is 0.552. The number of alkyl halides is 3. The zero-order chi connectivity index (χ0) is 21.2. The number of allylic oxidation sites excluding steroid dienone is 3. The number of rotatable bonds is 5. The van der Waals surface area contributed by atoms with E-state index >= 15 is 0 Å². The summed E-state index contributed by atoms with van der Waals surface area (Å²) in [4.78, 5) is 0. The first-order valence-corrected chi connectivity index (χ1v) is 9.68. The van der Waals surface area contributed by atoms with Gasteiger partial charge in [-0.05, 0) is 77.1 Å². The van der Waals surface area contributed by atoms with Gasteiger partial charge in [-0.15, -0.1) is 0 Å². The van der Waals surface area contributed by atoms with Crippen LogP contribution in [0.15, 0.2) is 61.2 Å². The number of hydrogen-bond acceptors (Lipinski definition) is 1. The highest BCUT2D eigenvalue weighted by molar-refractivity contribution is 5.79. The fourth-order valence-corrected chi connectivity index (χ4v) is 3.80. The van der Waals surface area contributed by atoms with Gasteiger partial charge in [0, 0.05) is 6.08 Å². The number of benzene rings is 2. The fraction of sp³-hybridized carbons (Fsp3) is 0.280. The number of aliphatic hydroxyl groups excluding tert-OH is 1. The predicted molar refractivity (Wildman–Crippen MR) is 112 cm³/mol. The molecule has 0 saturated heterocycles. The normalized spacial score (nSPS) is 16.7. The molecule has 0 amide bonds. The molecule has 4 heteroatoms. The van der Waals surface area contributed by atoms with Crippen molar-refractivity contribution in [1.82, 2.24) is 0 Å². The third-order valence-electron chi connectivity index (χ3n) is 5.38. The first-order valence-electron chi connectivity index (χ1n) is 9.68. The Hall–Kier alpha value is -2.59. The van der Waals surface area contributed by atoms with E-state index in [0.29, 0.717) is 12.0 Å². The van der Waals surface area contributed by atoms with Crippen LogP contribution in [0, 0.1) is 6.92 Å². The van der Waals surface area contributed by atoms with Crippen molar-refractivity contribution in [2.45, 2.75) is 44.9 Å². The van der Waals surface area contributed by atoms with Crippen molar-refractivity contribution in [1.29, 1.82) is 0 Å². The highest BCUT2D eigenvalue weighted by Gasteiger charge is 2.22. The zero-order valence-electron chi connectivity index (χ0n) is 16.5. The van der Waals surface area contributed by atoms with E-state index < -0.39 is 12.3 Å². The Morgan fingerprint density at radius 3 is 2.62 bits per heavy atom. The van der Waals surface area contributed by atoms with Gasteiger partial charge in [0.15, 0.2) is 0 Å². The molecule has 152 valence electrons. The van der Waals surface area contributed by atoms with E-state index in [-0.39, 0.29) is 6.08 Å². The minimum Gasteiger partial charge on any atom is -0.388 e. The molecule has 1 aliphatic carbocycles. The molecule has 0 aliphatic heterocycles. The number of fused-ring (bicyclic) bond motifs is 1. The lowest BCUT2D eigenvalue weighted by Gasteiger charge is -2.22. The molecule has 0 bridgehead atoms. The summed E-state index contributed by atoms with van der Waals surface area (Å²) in [5.41, 5.74) is 7.10. The Bertz CT molecular complexity index is 967. The number of aryl methyl sites for hydroxylation is 2. The van der Waals surface area contributed by atoms with Crippen LogP contribution in [0.3, 0.4) is 0 Å². The third-order valence-corrected chi connectivity index (χ3v) is 5.38. The maximum atomic E-state index is 12.4. The Morgan fingerprint density at radius 2 is 1.93 bits per heavy atom. The van der Waals surface area contributed by atoms with E-state index in [2.05, 4.69) is 31.4 Å². The minimum atomic E-state index is -4.33. The molecule has 29 heavy (non-hydrogen) atoms. The number of aliphatic hydroxyl groups is 1. The van der Waals surface area contributed by atoms with Crippen molar-refractivity contribution in [3.8, 4) is 0 Å². The molecule has 2 aromatic carbocycles. The Morgan fingerprint density at radius 1 is 1.17 bits per heavy atom. The summed E-state index contributed by atoms with van der Waals surface area (Å²) in [7, 11) is 0. The topological polar surface area (TPSA) is 20.2 Å². The van der Waals surface area contributed by atoms with Gasteiger partial charge in [-0.3, -0.25) is 0 Å². The van der Waals surface area contributed by atoms with E-state index in [4.69, 9.17) is 0 Å². The standard InChI is InChI=1S/C25H25F3O/c1-16(13-20-7-9-21-5-4-6-24(29)23(21)15-20)18(3)22-10-8-19(14-17(22)2)11-12-25(26,27)28/h7-12,14-15,24,29H,1,3-6,13H2,2H3/b12-11+. The van der Waals surface area contributed by atoms with E-state index in [1.54, 1.807) is 18.2 Å². The number of halogens is 3. The summed E-state index contributed by atoms with van der Waals surface area (Å²) in [6, 6.07) is 11.3. The first-order chi connectivity index (χ1) is 13.6. The molecule has 1 N–H and O–H groups in total. The largest absolute Gasteiger partial charge is 0.409 e. The lowest BCUT2D eigenvalue weighted by molar-refractivity contribution is -0.0790. The molecule has 0 heterocycles. The van der Waals surface area contributed by atoms with E-state index in [0.717, 1.165) is 58.7 Å². The van der Waals surface area contributed by atoms with Crippen LogP contribution in [0.4, 0.5) is 13.2 Å². The van der Waals surface area contributed by atoms with E-state index in [9.17, 15) is 18.3 Å². The van der Waals surface area contributed by atoms with Gasteiger partial charge in [0.05, 0.1) is 6.10 Å². The monoisotopic (exact) mass is 398 g/mol. The van der Waals surface area contributed by atoms with Crippen LogP contribution < -0.4 is 0 Å². The average Bonchev–Trinajstić information content (AvgIpc) is 2.66. The summed E-state index contributed by atoms with van der Waals surface area (Å²) < 4.78 is 37.1. The Labute approximate surface area is 169 Å². The van der Waals surface area contributed by atoms with Crippen molar-refractivity contribution >= 4 is 11.6 Å². The predicted octanol–water partition coefficient (Wildman–Crippen LogP) is 6.75. The lowest BCUT2D eigenvalue weighted by Crippen LogP contribution is -2.09. The first kappa shape index (κ1) is 21.1. The highest BCUT2D eigenvalue weighted by atomic mass is 19.4. The van der Waals surface area contributed by atoms with Crippen LogP contribution in [0.2, 0.25) is 0 Å². The van der Waals surface area contributed by atoms with E-state index in [1.165, 1.54) is 5.56 Å². The molecule has 0 radical (unpaired) electrons. The van der Waals surface area contributed by atoms with Crippen LogP contribution in [0.1, 0.15) is 52.3 Å². The molecule has 1 nitrogen and oxygen atoms in total. The van der Waals surface area contributed by atoms with Gasteiger partial charge in [-0.25, -0.2) is 0 Å². The maximum Gasteiger partial charge on any atom is 0.409 e. The van der Waals surface area contributed by atoms with Gasteiger partial charge in [0.2, 0.25) is 0 Å². The zero-order valence-corrected chi connectivity index (χ0v) is 16.5. The summed E-state index contributed by atoms with van der Waals surface area (Å²) in [6.07, 6.45) is -0.0416. The third kappa shape index (κ3) is 5.27.